The van der Waals surface area contributed by atoms with Gasteiger partial charge in [-0.1, -0.05) is 12.1 Å². The lowest BCUT2D eigenvalue weighted by Gasteiger charge is -2.14. The van der Waals surface area contributed by atoms with Crippen LogP contribution in [0.4, 0.5) is 0 Å². The molecule has 0 fully saturated rings. The average molecular weight is 266 g/mol. The number of likely N-dealkylation sites (N-methyl/N-ethyl adjacent to an activating group) is 2. The summed E-state index contributed by atoms with van der Waals surface area (Å²) in [7, 11) is 7.08. The van der Waals surface area contributed by atoms with Gasteiger partial charge in [-0.3, -0.25) is 9.63 Å². The summed E-state index contributed by atoms with van der Waals surface area (Å²) >= 11 is 0. The summed E-state index contributed by atoms with van der Waals surface area (Å²) in [6.07, 6.45) is 0.322. The van der Waals surface area contributed by atoms with Gasteiger partial charge in [0.05, 0.1) is 13.5 Å². The van der Waals surface area contributed by atoms with Crippen LogP contribution in [-0.4, -0.2) is 57.3 Å². The van der Waals surface area contributed by atoms with Gasteiger partial charge in [-0.2, -0.15) is 0 Å². The molecule has 5 heteroatoms. The maximum absolute atomic E-state index is 11.6. The van der Waals surface area contributed by atoms with Crippen molar-refractivity contribution < 1.29 is 14.4 Å². The first kappa shape index (κ1) is 15.5. The monoisotopic (exact) mass is 266 g/mol. The van der Waals surface area contributed by atoms with E-state index in [1.165, 1.54) is 12.2 Å². The zero-order valence-electron chi connectivity index (χ0n) is 12.0. The summed E-state index contributed by atoms with van der Waals surface area (Å²) in [6.45, 7) is 1.52. The van der Waals surface area contributed by atoms with E-state index in [1.807, 2.05) is 38.4 Å². The number of ether oxygens (including phenoxy) is 1. The van der Waals surface area contributed by atoms with E-state index in [0.29, 0.717) is 13.0 Å². The highest BCUT2D eigenvalue weighted by Gasteiger charge is 2.08. The van der Waals surface area contributed by atoms with Crippen molar-refractivity contribution in [3.8, 4) is 5.75 Å². The lowest BCUT2D eigenvalue weighted by atomic mass is 10.1. The number of amides is 1. The van der Waals surface area contributed by atoms with Crippen LogP contribution in [0.2, 0.25) is 0 Å². The molecule has 1 aromatic carbocycles. The van der Waals surface area contributed by atoms with Crippen LogP contribution < -0.4 is 4.74 Å². The van der Waals surface area contributed by atoms with Gasteiger partial charge in [0.15, 0.2) is 0 Å². The number of carbonyl (C=O) groups is 1. The molecule has 0 unspecified atom stereocenters. The van der Waals surface area contributed by atoms with E-state index < -0.39 is 0 Å². The highest BCUT2D eigenvalue weighted by atomic mass is 16.7. The maximum atomic E-state index is 11.6. The number of rotatable bonds is 7. The van der Waals surface area contributed by atoms with Crippen molar-refractivity contribution in [2.75, 3.05) is 41.4 Å². The van der Waals surface area contributed by atoms with Gasteiger partial charge in [0.1, 0.15) is 12.4 Å². The molecule has 0 heterocycles. The molecular formula is C14H22N2O3. The van der Waals surface area contributed by atoms with Crippen molar-refractivity contribution in [1.82, 2.24) is 9.96 Å². The van der Waals surface area contributed by atoms with Gasteiger partial charge >= 0.3 is 0 Å². The highest BCUT2D eigenvalue weighted by molar-refractivity contribution is 5.77. The molecule has 0 spiro atoms. The first-order valence-electron chi connectivity index (χ1n) is 6.20. The van der Waals surface area contributed by atoms with Gasteiger partial charge in [0.2, 0.25) is 5.91 Å². The van der Waals surface area contributed by atoms with E-state index in [2.05, 4.69) is 4.90 Å². The second-order valence-electron chi connectivity index (χ2n) is 4.55. The molecule has 0 aromatic heterocycles. The molecule has 0 radical (unpaired) electrons. The van der Waals surface area contributed by atoms with E-state index in [4.69, 9.17) is 9.57 Å². The fourth-order valence-corrected chi connectivity index (χ4v) is 1.44. The van der Waals surface area contributed by atoms with Crippen LogP contribution in [0.5, 0.6) is 5.75 Å². The topological polar surface area (TPSA) is 42.0 Å². The SMILES string of the molecule is CON(C)C(=O)Cc1ccc(OCCN(C)C)cc1. The summed E-state index contributed by atoms with van der Waals surface area (Å²) in [6, 6.07) is 7.55. The Morgan fingerprint density at radius 1 is 1.16 bits per heavy atom. The smallest absolute Gasteiger partial charge is 0.250 e. The molecule has 1 aromatic rings. The molecule has 0 aliphatic heterocycles. The van der Waals surface area contributed by atoms with E-state index in [1.54, 1.807) is 7.05 Å². The minimum absolute atomic E-state index is 0.0798. The first-order chi connectivity index (χ1) is 9.02. The van der Waals surface area contributed by atoms with Gasteiger partial charge in [0.25, 0.3) is 0 Å². The summed E-state index contributed by atoms with van der Waals surface area (Å²) in [4.78, 5) is 18.5. The maximum Gasteiger partial charge on any atom is 0.250 e. The molecule has 106 valence electrons. The number of hydroxylamine groups is 2. The lowest BCUT2D eigenvalue weighted by Crippen LogP contribution is -2.26. The summed E-state index contributed by atoms with van der Waals surface area (Å²) in [5.74, 6) is 0.738. The van der Waals surface area contributed by atoms with E-state index in [-0.39, 0.29) is 5.91 Å². The van der Waals surface area contributed by atoms with E-state index in [9.17, 15) is 4.79 Å². The Bertz CT molecular complexity index is 390. The molecule has 5 nitrogen and oxygen atoms in total. The fourth-order valence-electron chi connectivity index (χ4n) is 1.44. The van der Waals surface area contributed by atoms with Crippen molar-refractivity contribution in [2.45, 2.75) is 6.42 Å². The van der Waals surface area contributed by atoms with Crippen LogP contribution in [0.1, 0.15) is 5.56 Å². The number of nitrogens with zero attached hydrogens (tertiary/aromatic N) is 2. The Morgan fingerprint density at radius 3 is 2.32 bits per heavy atom. The molecule has 0 saturated heterocycles. The molecule has 0 saturated carbocycles. The van der Waals surface area contributed by atoms with Gasteiger partial charge in [-0.05, 0) is 31.8 Å². The van der Waals surface area contributed by atoms with Gasteiger partial charge < -0.3 is 9.64 Å². The molecule has 0 N–H and O–H groups in total. The Morgan fingerprint density at radius 2 is 1.79 bits per heavy atom. The number of hydrogen-bond acceptors (Lipinski definition) is 4. The molecule has 19 heavy (non-hydrogen) atoms. The minimum Gasteiger partial charge on any atom is -0.492 e. The molecule has 0 aliphatic carbocycles. The van der Waals surface area contributed by atoms with Gasteiger partial charge in [0, 0.05) is 13.6 Å². The van der Waals surface area contributed by atoms with Crippen molar-refractivity contribution in [3.63, 3.8) is 0 Å². The Balaban J connectivity index is 2.45. The number of benzene rings is 1. The predicted molar refractivity (Wildman–Crippen MR) is 74.0 cm³/mol. The Labute approximate surface area is 114 Å². The zero-order valence-corrected chi connectivity index (χ0v) is 12.0. The third-order valence-corrected chi connectivity index (χ3v) is 2.71. The first-order valence-corrected chi connectivity index (χ1v) is 6.20. The summed E-state index contributed by atoms with van der Waals surface area (Å²) in [5.41, 5.74) is 0.939. The van der Waals surface area contributed by atoms with Crippen LogP contribution in [-0.2, 0) is 16.1 Å². The largest absolute Gasteiger partial charge is 0.492 e. The van der Waals surface area contributed by atoms with Gasteiger partial charge in [-0.15, -0.1) is 0 Å². The van der Waals surface area contributed by atoms with Crippen molar-refractivity contribution >= 4 is 5.91 Å². The molecule has 0 aliphatic rings. The van der Waals surface area contributed by atoms with Crippen LogP contribution in [0.25, 0.3) is 0 Å². The Kier molecular flexibility index (Phi) is 6.32. The molecule has 0 atom stereocenters. The standard InChI is InChI=1S/C14H22N2O3/c1-15(2)9-10-19-13-7-5-12(6-8-13)11-14(17)16(3)18-4/h5-8H,9-11H2,1-4H3. The normalized spacial score (nSPS) is 10.6. The number of hydrogen-bond donors (Lipinski definition) is 0. The van der Waals surface area contributed by atoms with Crippen LogP contribution in [0.3, 0.4) is 0 Å². The fraction of sp³-hybridized carbons (Fsp3) is 0.500. The van der Waals surface area contributed by atoms with Crippen LogP contribution >= 0.6 is 0 Å². The van der Waals surface area contributed by atoms with E-state index >= 15 is 0 Å². The van der Waals surface area contributed by atoms with Crippen LogP contribution in [0.15, 0.2) is 24.3 Å². The zero-order chi connectivity index (χ0) is 14.3. The van der Waals surface area contributed by atoms with Crippen molar-refractivity contribution in [2.24, 2.45) is 0 Å². The average Bonchev–Trinajstić information content (AvgIpc) is 2.39. The predicted octanol–water partition coefficient (Wildman–Crippen LogP) is 1.19. The second kappa shape index (κ2) is 7.76. The molecule has 0 bridgehead atoms. The molecule has 1 rings (SSSR count). The number of carbonyl (C=O) groups excluding carboxylic acids is 1. The van der Waals surface area contributed by atoms with Gasteiger partial charge in [-0.25, -0.2) is 5.06 Å². The van der Waals surface area contributed by atoms with E-state index in [0.717, 1.165) is 17.9 Å². The van der Waals surface area contributed by atoms with Crippen LogP contribution in [0, 0.1) is 0 Å². The quantitative estimate of drug-likeness (QED) is 0.695. The second-order valence-corrected chi connectivity index (χ2v) is 4.55. The van der Waals surface area contributed by atoms with Crippen molar-refractivity contribution in [1.29, 1.82) is 0 Å². The molecular weight excluding hydrogens is 244 g/mol. The third-order valence-electron chi connectivity index (χ3n) is 2.71. The minimum atomic E-state index is -0.0798. The summed E-state index contributed by atoms with van der Waals surface area (Å²) in [5, 5.41) is 1.22. The van der Waals surface area contributed by atoms with Crippen molar-refractivity contribution in [3.05, 3.63) is 29.8 Å². The Hall–Kier alpha value is -1.59. The highest BCUT2D eigenvalue weighted by Crippen LogP contribution is 2.13. The molecule has 1 amide bonds. The lowest BCUT2D eigenvalue weighted by molar-refractivity contribution is -0.167. The summed E-state index contributed by atoms with van der Waals surface area (Å²) < 4.78 is 5.58. The third kappa shape index (κ3) is 5.72.